The molecular weight excluding hydrogens is 494 g/mol. The van der Waals surface area contributed by atoms with E-state index in [9.17, 15) is 14.7 Å². The molecule has 39 heavy (non-hydrogen) atoms. The van der Waals surface area contributed by atoms with Crippen LogP contribution in [0.3, 0.4) is 0 Å². The van der Waals surface area contributed by atoms with Gasteiger partial charge in [0.15, 0.2) is 5.82 Å². The standard InChI is InChI=1S/C31H39N3O5/c1-22(2)17-25(18-30(36)37)33(21-35)29-19-26(34(32-29)24-13-8-5-9-14-24)31-27(38-3)15-10-16-28(31)39-20-23-11-6-4-7-12-23/h4,6-7,10-12,15-16,19,21-22,24-25H,5,8-9,13-14,17-18,20H2,1-3H3,(H,36,37)/t25-/m0/s1. The molecule has 0 spiro atoms. The summed E-state index contributed by atoms with van der Waals surface area (Å²) in [5.41, 5.74) is 2.61. The molecule has 0 aliphatic heterocycles. The molecule has 1 saturated carbocycles. The molecule has 208 valence electrons. The average Bonchev–Trinajstić information content (AvgIpc) is 3.37. The number of carbonyl (C=O) groups is 2. The van der Waals surface area contributed by atoms with Crippen LogP contribution >= 0.6 is 0 Å². The lowest BCUT2D eigenvalue weighted by Crippen LogP contribution is -2.37. The van der Waals surface area contributed by atoms with E-state index < -0.39 is 12.0 Å². The number of aromatic nitrogens is 2. The highest BCUT2D eigenvalue weighted by molar-refractivity contribution is 5.81. The normalized spacial score (nSPS) is 14.7. The molecule has 0 saturated heterocycles. The number of hydrogen-bond donors (Lipinski definition) is 1. The number of amides is 1. The molecule has 1 aliphatic rings. The zero-order valence-corrected chi connectivity index (χ0v) is 23.1. The zero-order chi connectivity index (χ0) is 27.8. The first-order chi connectivity index (χ1) is 18.9. The summed E-state index contributed by atoms with van der Waals surface area (Å²) in [6.45, 7) is 4.44. The van der Waals surface area contributed by atoms with Crippen LogP contribution in [0, 0.1) is 5.92 Å². The predicted molar refractivity (Wildman–Crippen MR) is 151 cm³/mol. The van der Waals surface area contributed by atoms with Crippen LogP contribution < -0.4 is 14.4 Å². The largest absolute Gasteiger partial charge is 0.496 e. The molecule has 1 heterocycles. The molecule has 1 fully saturated rings. The number of rotatable bonds is 13. The summed E-state index contributed by atoms with van der Waals surface area (Å²) < 4.78 is 14.1. The average molecular weight is 534 g/mol. The lowest BCUT2D eigenvalue weighted by atomic mass is 9.95. The summed E-state index contributed by atoms with van der Waals surface area (Å²) in [6.07, 6.45) is 6.48. The number of nitrogens with zero attached hydrogens (tertiary/aromatic N) is 3. The smallest absolute Gasteiger partial charge is 0.305 e. The summed E-state index contributed by atoms with van der Waals surface area (Å²) in [6, 6.07) is 17.2. The molecule has 8 heteroatoms. The molecular formula is C31H39N3O5. The van der Waals surface area contributed by atoms with Gasteiger partial charge in [-0.15, -0.1) is 0 Å². The number of anilines is 1. The van der Waals surface area contributed by atoms with E-state index in [1.807, 2.05) is 73.1 Å². The summed E-state index contributed by atoms with van der Waals surface area (Å²) in [5.74, 6) is 1.01. The van der Waals surface area contributed by atoms with E-state index in [0.29, 0.717) is 36.8 Å². The lowest BCUT2D eigenvalue weighted by molar-refractivity contribution is -0.137. The van der Waals surface area contributed by atoms with Gasteiger partial charge < -0.3 is 14.6 Å². The van der Waals surface area contributed by atoms with Crippen LogP contribution in [0.1, 0.15) is 70.4 Å². The fraction of sp³-hybridized carbons (Fsp3) is 0.452. The Labute approximate surface area is 230 Å². The van der Waals surface area contributed by atoms with Crippen molar-refractivity contribution in [1.82, 2.24) is 9.78 Å². The molecule has 2 aromatic carbocycles. The Morgan fingerprint density at radius 2 is 1.82 bits per heavy atom. The topological polar surface area (TPSA) is 93.9 Å². The van der Waals surface area contributed by atoms with Gasteiger partial charge in [0.1, 0.15) is 18.1 Å². The Morgan fingerprint density at radius 3 is 2.46 bits per heavy atom. The first kappa shape index (κ1) is 28.2. The Hall–Kier alpha value is -3.81. The van der Waals surface area contributed by atoms with Gasteiger partial charge in [-0.1, -0.05) is 69.5 Å². The Bertz CT molecular complexity index is 1230. The summed E-state index contributed by atoms with van der Waals surface area (Å²) in [7, 11) is 1.63. The molecule has 1 atom stereocenters. The molecule has 1 aliphatic carbocycles. The molecule has 0 bridgehead atoms. The van der Waals surface area contributed by atoms with Crippen LogP contribution in [0.25, 0.3) is 11.3 Å². The first-order valence-corrected chi connectivity index (χ1v) is 13.8. The van der Waals surface area contributed by atoms with E-state index in [0.717, 1.165) is 42.5 Å². The highest BCUT2D eigenvalue weighted by Gasteiger charge is 2.30. The van der Waals surface area contributed by atoms with E-state index >= 15 is 0 Å². The van der Waals surface area contributed by atoms with Crippen molar-refractivity contribution in [2.24, 2.45) is 5.92 Å². The number of methoxy groups -OCH3 is 1. The molecule has 1 N–H and O–H groups in total. The van der Waals surface area contributed by atoms with Crippen LogP contribution in [0.4, 0.5) is 5.82 Å². The van der Waals surface area contributed by atoms with Gasteiger partial charge in [-0.2, -0.15) is 5.10 Å². The van der Waals surface area contributed by atoms with Crippen molar-refractivity contribution < 1.29 is 24.2 Å². The second-order valence-corrected chi connectivity index (χ2v) is 10.6. The van der Waals surface area contributed by atoms with E-state index in [4.69, 9.17) is 14.6 Å². The van der Waals surface area contributed by atoms with Gasteiger partial charge in [-0.3, -0.25) is 19.2 Å². The third kappa shape index (κ3) is 6.99. The number of aliphatic carboxylic acids is 1. The Balaban J connectivity index is 1.81. The van der Waals surface area contributed by atoms with E-state index in [2.05, 4.69) is 0 Å². The van der Waals surface area contributed by atoms with Crippen molar-refractivity contribution in [3.63, 3.8) is 0 Å². The van der Waals surface area contributed by atoms with Crippen LogP contribution in [0.15, 0.2) is 54.6 Å². The zero-order valence-electron chi connectivity index (χ0n) is 23.1. The number of ether oxygens (including phenoxy) is 2. The molecule has 3 aromatic rings. The molecule has 1 amide bonds. The van der Waals surface area contributed by atoms with E-state index in [1.54, 1.807) is 7.11 Å². The minimum atomic E-state index is -0.944. The maximum absolute atomic E-state index is 12.4. The van der Waals surface area contributed by atoms with E-state index in [-0.39, 0.29) is 18.4 Å². The second kappa shape index (κ2) is 13.3. The van der Waals surface area contributed by atoms with Gasteiger partial charge in [0, 0.05) is 12.1 Å². The van der Waals surface area contributed by atoms with Gasteiger partial charge >= 0.3 is 5.97 Å². The summed E-state index contributed by atoms with van der Waals surface area (Å²) in [5, 5.41) is 14.5. The Kier molecular flexibility index (Phi) is 9.63. The minimum Gasteiger partial charge on any atom is -0.496 e. The third-order valence-corrected chi connectivity index (χ3v) is 7.27. The quantitative estimate of drug-likeness (QED) is 0.252. The first-order valence-electron chi connectivity index (χ1n) is 13.8. The third-order valence-electron chi connectivity index (χ3n) is 7.27. The van der Waals surface area contributed by atoms with Gasteiger partial charge in [0.25, 0.3) is 0 Å². The van der Waals surface area contributed by atoms with Gasteiger partial charge in [-0.25, -0.2) is 0 Å². The summed E-state index contributed by atoms with van der Waals surface area (Å²) >= 11 is 0. The van der Waals surface area contributed by atoms with Crippen molar-refractivity contribution >= 4 is 18.2 Å². The Morgan fingerprint density at radius 1 is 1.10 bits per heavy atom. The monoisotopic (exact) mass is 533 g/mol. The number of carbonyl (C=O) groups excluding carboxylic acids is 1. The van der Waals surface area contributed by atoms with Crippen molar-refractivity contribution in [2.75, 3.05) is 12.0 Å². The van der Waals surface area contributed by atoms with Gasteiger partial charge in [0.05, 0.1) is 30.8 Å². The molecule has 1 aromatic heterocycles. The minimum absolute atomic E-state index is 0.150. The highest BCUT2D eigenvalue weighted by Crippen LogP contribution is 2.43. The molecule has 8 nitrogen and oxygen atoms in total. The van der Waals surface area contributed by atoms with Crippen molar-refractivity contribution in [3.05, 3.63) is 60.2 Å². The molecule has 0 unspecified atom stereocenters. The maximum Gasteiger partial charge on any atom is 0.305 e. The van der Waals surface area contributed by atoms with Crippen molar-refractivity contribution in [3.8, 4) is 22.8 Å². The molecule has 0 radical (unpaired) electrons. The fourth-order valence-corrected chi connectivity index (χ4v) is 5.46. The van der Waals surface area contributed by atoms with Crippen LogP contribution in [-0.4, -0.2) is 40.4 Å². The van der Waals surface area contributed by atoms with Crippen molar-refractivity contribution in [2.45, 2.75) is 77.5 Å². The van der Waals surface area contributed by atoms with E-state index in [1.165, 1.54) is 11.3 Å². The van der Waals surface area contributed by atoms with Crippen LogP contribution in [0.2, 0.25) is 0 Å². The predicted octanol–water partition coefficient (Wildman–Crippen LogP) is 6.50. The van der Waals surface area contributed by atoms with Gasteiger partial charge in [0.2, 0.25) is 6.41 Å². The number of hydrogen-bond acceptors (Lipinski definition) is 5. The lowest BCUT2D eigenvalue weighted by Gasteiger charge is -2.27. The number of carboxylic acid groups (broad SMARTS) is 1. The number of carboxylic acids is 1. The van der Waals surface area contributed by atoms with Crippen LogP contribution in [0.5, 0.6) is 11.5 Å². The van der Waals surface area contributed by atoms with Crippen LogP contribution in [-0.2, 0) is 16.2 Å². The second-order valence-electron chi connectivity index (χ2n) is 10.6. The summed E-state index contributed by atoms with van der Waals surface area (Å²) in [4.78, 5) is 25.6. The SMILES string of the molecule is COc1cccc(OCc2ccccc2)c1-c1cc(N(C=O)[C@H](CC(=O)O)CC(C)C)nn1C1CCCCC1. The highest BCUT2D eigenvalue weighted by atomic mass is 16.5. The van der Waals surface area contributed by atoms with Gasteiger partial charge in [-0.05, 0) is 42.9 Å². The number of benzene rings is 2. The fourth-order valence-electron chi connectivity index (χ4n) is 5.46. The molecule has 4 rings (SSSR count). The maximum atomic E-state index is 12.4. The van der Waals surface area contributed by atoms with Crippen molar-refractivity contribution in [1.29, 1.82) is 0 Å².